The number of benzene rings is 1. The van der Waals surface area contributed by atoms with E-state index in [9.17, 15) is 27.2 Å². The SMILES string of the molecule is Cc1cc(C(=O)N[C@H](CC(F)(F)F)C(=O)O)c(C)n1-c1ccc(F)cc1. The van der Waals surface area contributed by atoms with E-state index < -0.39 is 36.3 Å². The Morgan fingerprint density at radius 3 is 2.27 bits per heavy atom. The van der Waals surface area contributed by atoms with Crippen LogP contribution in [0.3, 0.4) is 0 Å². The van der Waals surface area contributed by atoms with Gasteiger partial charge in [-0.05, 0) is 44.2 Å². The van der Waals surface area contributed by atoms with Gasteiger partial charge in [0, 0.05) is 17.1 Å². The number of carboxylic acid groups (broad SMARTS) is 1. The van der Waals surface area contributed by atoms with Crippen molar-refractivity contribution in [3.8, 4) is 5.69 Å². The second kappa shape index (κ2) is 7.19. The number of amides is 1. The summed E-state index contributed by atoms with van der Waals surface area (Å²) in [5.41, 5.74) is 1.58. The van der Waals surface area contributed by atoms with Gasteiger partial charge in [0.05, 0.1) is 12.0 Å². The summed E-state index contributed by atoms with van der Waals surface area (Å²) < 4.78 is 52.1. The number of rotatable bonds is 5. The summed E-state index contributed by atoms with van der Waals surface area (Å²) >= 11 is 0. The lowest BCUT2D eigenvalue weighted by molar-refractivity contribution is -0.157. The molecule has 26 heavy (non-hydrogen) atoms. The maximum Gasteiger partial charge on any atom is 0.391 e. The van der Waals surface area contributed by atoms with Gasteiger partial charge in [0.2, 0.25) is 0 Å². The second-order valence-corrected chi connectivity index (χ2v) is 5.78. The largest absolute Gasteiger partial charge is 0.480 e. The van der Waals surface area contributed by atoms with Crippen LogP contribution >= 0.6 is 0 Å². The molecule has 1 heterocycles. The van der Waals surface area contributed by atoms with Crippen molar-refractivity contribution in [2.75, 3.05) is 0 Å². The minimum absolute atomic E-state index is 0.0419. The number of nitrogens with zero attached hydrogens (tertiary/aromatic N) is 1. The fourth-order valence-electron chi connectivity index (χ4n) is 2.65. The predicted octanol–water partition coefficient (Wildman–Crippen LogP) is 3.37. The third kappa shape index (κ3) is 4.41. The average Bonchev–Trinajstić information content (AvgIpc) is 2.81. The zero-order chi connectivity index (χ0) is 19.6. The van der Waals surface area contributed by atoms with Crippen LogP contribution in [0, 0.1) is 19.7 Å². The molecule has 9 heteroatoms. The number of carbonyl (C=O) groups excluding carboxylic acids is 1. The molecule has 140 valence electrons. The molecule has 0 radical (unpaired) electrons. The molecule has 0 unspecified atom stereocenters. The fraction of sp³-hybridized carbons (Fsp3) is 0.294. The van der Waals surface area contributed by atoms with Crippen LogP contribution in [-0.4, -0.2) is 33.8 Å². The molecule has 2 aromatic rings. The summed E-state index contributed by atoms with van der Waals surface area (Å²) in [5.74, 6) is -3.14. The van der Waals surface area contributed by atoms with E-state index in [-0.39, 0.29) is 5.56 Å². The van der Waals surface area contributed by atoms with E-state index in [0.29, 0.717) is 17.1 Å². The summed E-state index contributed by atoms with van der Waals surface area (Å²) in [5, 5.41) is 10.8. The Morgan fingerprint density at radius 1 is 1.19 bits per heavy atom. The first-order valence-electron chi connectivity index (χ1n) is 7.55. The van der Waals surface area contributed by atoms with E-state index in [1.165, 1.54) is 30.3 Å². The minimum atomic E-state index is -4.73. The quantitative estimate of drug-likeness (QED) is 0.791. The van der Waals surface area contributed by atoms with Gasteiger partial charge in [0.15, 0.2) is 0 Å². The molecule has 1 amide bonds. The number of aliphatic carboxylic acids is 1. The van der Waals surface area contributed by atoms with Gasteiger partial charge < -0.3 is 15.0 Å². The second-order valence-electron chi connectivity index (χ2n) is 5.78. The van der Waals surface area contributed by atoms with Crippen molar-refractivity contribution in [2.45, 2.75) is 32.5 Å². The highest BCUT2D eigenvalue weighted by atomic mass is 19.4. The molecule has 5 nitrogen and oxygen atoms in total. The molecule has 2 rings (SSSR count). The summed E-state index contributed by atoms with van der Waals surface area (Å²) in [6, 6.07) is 4.79. The third-order valence-electron chi connectivity index (χ3n) is 3.80. The molecular formula is C17H16F4N2O3. The summed E-state index contributed by atoms with van der Waals surface area (Å²) in [4.78, 5) is 23.3. The van der Waals surface area contributed by atoms with Crippen LogP contribution in [0.4, 0.5) is 17.6 Å². The van der Waals surface area contributed by atoms with Crippen LogP contribution in [0.5, 0.6) is 0 Å². The highest BCUT2D eigenvalue weighted by Crippen LogP contribution is 2.24. The monoisotopic (exact) mass is 372 g/mol. The smallest absolute Gasteiger partial charge is 0.391 e. The van der Waals surface area contributed by atoms with Crippen molar-refractivity contribution < 1.29 is 32.3 Å². The van der Waals surface area contributed by atoms with Gasteiger partial charge in [0.25, 0.3) is 5.91 Å². The van der Waals surface area contributed by atoms with Crippen LogP contribution in [0.15, 0.2) is 30.3 Å². The molecule has 0 saturated carbocycles. The molecule has 1 aromatic heterocycles. The lowest BCUT2D eigenvalue weighted by Crippen LogP contribution is -2.43. The molecule has 0 fully saturated rings. The van der Waals surface area contributed by atoms with Gasteiger partial charge in [-0.3, -0.25) is 4.79 Å². The highest BCUT2D eigenvalue weighted by molar-refractivity contribution is 5.98. The minimum Gasteiger partial charge on any atom is -0.480 e. The molecule has 0 aliphatic rings. The Labute approximate surface area is 146 Å². The van der Waals surface area contributed by atoms with E-state index in [4.69, 9.17) is 5.11 Å². The molecule has 2 N–H and O–H groups in total. The van der Waals surface area contributed by atoms with Gasteiger partial charge in [-0.15, -0.1) is 0 Å². The molecule has 0 aliphatic carbocycles. The topological polar surface area (TPSA) is 71.3 Å². The zero-order valence-corrected chi connectivity index (χ0v) is 13.9. The van der Waals surface area contributed by atoms with Crippen molar-refractivity contribution >= 4 is 11.9 Å². The van der Waals surface area contributed by atoms with Crippen molar-refractivity contribution in [3.63, 3.8) is 0 Å². The van der Waals surface area contributed by atoms with E-state index in [2.05, 4.69) is 0 Å². The van der Waals surface area contributed by atoms with E-state index >= 15 is 0 Å². The van der Waals surface area contributed by atoms with Gasteiger partial charge in [-0.1, -0.05) is 0 Å². The summed E-state index contributed by atoms with van der Waals surface area (Å²) in [7, 11) is 0. The van der Waals surface area contributed by atoms with Crippen LogP contribution in [0.2, 0.25) is 0 Å². The number of carbonyl (C=O) groups is 2. The Balaban J connectivity index is 2.31. The number of halogens is 4. The first kappa shape index (κ1) is 19.5. The van der Waals surface area contributed by atoms with Crippen molar-refractivity contribution in [1.29, 1.82) is 0 Å². The van der Waals surface area contributed by atoms with Gasteiger partial charge in [0.1, 0.15) is 11.9 Å². The molecule has 1 atom stereocenters. The Kier molecular flexibility index (Phi) is 5.38. The fourth-order valence-corrected chi connectivity index (χ4v) is 2.65. The van der Waals surface area contributed by atoms with E-state index in [0.717, 1.165) is 0 Å². The maximum absolute atomic E-state index is 13.1. The van der Waals surface area contributed by atoms with Crippen molar-refractivity contribution in [3.05, 3.63) is 53.1 Å². The van der Waals surface area contributed by atoms with Crippen molar-refractivity contribution in [1.82, 2.24) is 9.88 Å². The molecule has 0 spiro atoms. The first-order valence-corrected chi connectivity index (χ1v) is 7.55. The summed E-state index contributed by atoms with van der Waals surface area (Å²) in [6.45, 7) is 3.22. The number of hydrogen-bond acceptors (Lipinski definition) is 2. The molecule has 0 aliphatic heterocycles. The Bertz CT molecular complexity index is 826. The molecule has 0 bridgehead atoms. The van der Waals surface area contributed by atoms with Gasteiger partial charge in [-0.2, -0.15) is 13.2 Å². The lowest BCUT2D eigenvalue weighted by Gasteiger charge is -2.16. The normalized spacial score (nSPS) is 12.7. The number of alkyl halides is 3. The summed E-state index contributed by atoms with van der Waals surface area (Å²) in [6.07, 6.45) is -6.41. The van der Waals surface area contributed by atoms with E-state index in [1.807, 2.05) is 5.32 Å². The van der Waals surface area contributed by atoms with Crippen LogP contribution in [0.25, 0.3) is 5.69 Å². The molecular weight excluding hydrogens is 356 g/mol. The number of carboxylic acids is 1. The predicted molar refractivity (Wildman–Crippen MR) is 84.8 cm³/mol. The van der Waals surface area contributed by atoms with Gasteiger partial charge >= 0.3 is 12.1 Å². The van der Waals surface area contributed by atoms with Crippen molar-refractivity contribution in [2.24, 2.45) is 0 Å². The standard InChI is InChI=1S/C17H16F4N2O3/c1-9-7-13(10(2)23(9)12-5-3-11(18)4-6-12)15(24)22-14(16(25)26)8-17(19,20)21/h3-7,14H,8H2,1-2H3,(H,22,24)(H,25,26)/t14-/m1/s1. The van der Waals surface area contributed by atoms with E-state index in [1.54, 1.807) is 18.4 Å². The molecule has 1 aromatic carbocycles. The number of aryl methyl sites for hydroxylation is 1. The number of aromatic nitrogens is 1. The Morgan fingerprint density at radius 2 is 1.77 bits per heavy atom. The zero-order valence-electron chi connectivity index (χ0n) is 13.9. The first-order chi connectivity index (χ1) is 12.0. The number of nitrogens with one attached hydrogen (secondary N) is 1. The highest BCUT2D eigenvalue weighted by Gasteiger charge is 2.36. The van der Waals surface area contributed by atoms with Gasteiger partial charge in [-0.25, -0.2) is 9.18 Å². The van der Waals surface area contributed by atoms with Crippen LogP contribution < -0.4 is 5.32 Å². The number of hydrogen-bond donors (Lipinski definition) is 2. The average molecular weight is 372 g/mol. The van der Waals surface area contributed by atoms with Crippen LogP contribution in [0.1, 0.15) is 28.2 Å². The lowest BCUT2D eigenvalue weighted by atomic mass is 10.1. The van der Waals surface area contributed by atoms with Crippen LogP contribution in [-0.2, 0) is 4.79 Å². The maximum atomic E-state index is 13.1. The Hall–Kier alpha value is -2.84. The third-order valence-corrected chi connectivity index (χ3v) is 3.80. The molecule has 0 saturated heterocycles.